The quantitative estimate of drug-likeness (QED) is 0.495. The molecule has 3 aromatic carbocycles. The fraction of sp³-hybridized carbons (Fsp3) is 0.0476. The van der Waals surface area contributed by atoms with E-state index in [1.54, 1.807) is 0 Å². The van der Waals surface area contributed by atoms with E-state index in [4.69, 9.17) is 0 Å². The van der Waals surface area contributed by atoms with Crippen molar-refractivity contribution in [2.45, 2.75) is 5.16 Å². The first-order chi connectivity index (χ1) is 12.8. The van der Waals surface area contributed by atoms with Crippen molar-refractivity contribution in [1.82, 2.24) is 9.97 Å². The van der Waals surface area contributed by atoms with Crippen molar-refractivity contribution in [2.75, 3.05) is 11.1 Å². The summed E-state index contributed by atoms with van der Waals surface area (Å²) in [7, 11) is 0. The lowest BCUT2D eigenvalue weighted by Gasteiger charge is -2.06. The van der Waals surface area contributed by atoms with Gasteiger partial charge in [-0.25, -0.2) is 4.98 Å². The Balaban J connectivity index is 1.35. The van der Waals surface area contributed by atoms with E-state index in [9.17, 15) is 4.79 Å². The van der Waals surface area contributed by atoms with Crippen LogP contribution in [0.2, 0.25) is 0 Å². The van der Waals surface area contributed by atoms with Crippen molar-refractivity contribution in [3.63, 3.8) is 0 Å². The molecular weight excluding hydrogens is 342 g/mol. The maximum absolute atomic E-state index is 12.2. The summed E-state index contributed by atoms with van der Waals surface area (Å²) in [5.41, 5.74) is 4.96. The number of nitrogens with zero attached hydrogens (tertiary/aromatic N) is 1. The molecule has 0 atom stereocenters. The Morgan fingerprint density at radius 2 is 1.58 bits per heavy atom. The number of benzene rings is 3. The maximum atomic E-state index is 12.2. The van der Waals surface area contributed by atoms with Crippen LogP contribution >= 0.6 is 11.8 Å². The van der Waals surface area contributed by atoms with Crippen molar-refractivity contribution >= 4 is 34.4 Å². The minimum absolute atomic E-state index is 0.0529. The molecule has 0 aliphatic heterocycles. The third-order valence-corrected chi connectivity index (χ3v) is 4.86. The Morgan fingerprint density at radius 1 is 0.885 bits per heavy atom. The molecule has 0 aliphatic carbocycles. The number of thioether (sulfide) groups is 1. The van der Waals surface area contributed by atoms with Gasteiger partial charge in [0.25, 0.3) is 0 Å². The summed E-state index contributed by atoms with van der Waals surface area (Å²) in [6.45, 7) is 0. The van der Waals surface area contributed by atoms with Gasteiger partial charge in [0.2, 0.25) is 5.91 Å². The normalized spacial score (nSPS) is 10.8. The van der Waals surface area contributed by atoms with Gasteiger partial charge in [0.1, 0.15) is 0 Å². The van der Waals surface area contributed by atoms with Crippen molar-refractivity contribution in [3.8, 4) is 11.1 Å². The molecule has 4 aromatic rings. The molecule has 4 nitrogen and oxygen atoms in total. The van der Waals surface area contributed by atoms with Crippen LogP contribution in [-0.2, 0) is 4.79 Å². The Hall–Kier alpha value is -3.05. The second kappa shape index (κ2) is 7.45. The lowest BCUT2D eigenvalue weighted by molar-refractivity contribution is -0.113. The molecule has 0 fully saturated rings. The molecule has 0 saturated carbocycles. The van der Waals surface area contributed by atoms with Gasteiger partial charge >= 0.3 is 0 Å². The van der Waals surface area contributed by atoms with Crippen LogP contribution in [0.15, 0.2) is 84.0 Å². The van der Waals surface area contributed by atoms with E-state index in [-0.39, 0.29) is 5.91 Å². The zero-order chi connectivity index (χ0) is 17.8. The topological polar surface area (TPSA) is 57.8 Å². The number of aromatic nitrogens is 2. The lowest BCUT2D eigenvalue weighted by Crippen LogP contribution is -2.14. The predicted octanol–water partition coefficient (Wildman–Crippen LogP) is 4.96. The molecule has 0 unspecified atom stereocenters. The molecule has 128 valence electrons. The number of rotatable bonds is 5. The van der Waals surface area contributed by atoms with Crippen LogP contribution in [0.1, 0.15) is 0 Å². The fourth-order valence-electron chi connectivity index (χ4n) is 2.71. The van der Waals surface area contributed by atoms with E-state index in [1.807, 2.05) is 66.7 Å². The number of nitrogens with one attached hydrogen (secondary N) is 2. The number of aromatic amines is 1. The first-order valence-corrected chi connectivity index (χ1v) is 9.29. The number of fused-ring (bicyclic) bond motifs is 1. The van der Waals surface area contributed by atoms with E-state index in [1.165, 1.54) is 11.8 Å². The number of imidazole rings is 1. The minimum Gasteiger partial charge on any atom is -0.333 e. The standard InChI is InChI=1S/C21H17N3OS/c25-20(14-26-21-23-18-8-4-5-9-19(18)24-21)22-17-12-10-16(11-13-17)15-6-2-1-3-7-15/h1-13H,14H2,(H,22,25)(H,23,24). The fourth-order valence-corrected chi connectivity index (χ4v) is 3.39. The SMILES string of the molecule is O=C(CSc1nc2ccccc2[nH]1)Nc1ccc(-c2ccccc2)cc1. The van der Waals surface area contributed by atoms with Crippen molar-refractivity contribution in [2.24, 2.45) is 0 Å². The summed E-state index contributed by atoms with van der Waals surface area (Å²) in [6.07, 6.45) is 0. The third kappa shape index (κ3) is 3.78. The highest BCUT2D eigenvalue weighted by Gasteiger charge is 2.07. The van der Waals surface area contributed by atoms with E-state index in [0.29, 0.717) is 5.75 Å². The molecule has 1 amide bonds. The molecule has 0 spiro atoms. The van der Waals surface area contributed by atoms with Gasteiger partial charge in [-0.15, -0.1) is 0 Å². The second-order valence-corrected chi connectivity index (χ2v) is 6.80. The predicted molar refractivity (Wildman–Crippen MR) is 107 cm³/mol. The Morgan fingerprint density at radius 3 is 2.35 bits per heavy atom. The molecule has 26 heavy (non-hydrogen) atoms. The van der Waals surface area contributed by atoms with Crippen molar-refractivity contribution in [1.29, 1.82) is 0 Å². The van der Waals surface area contributed by atoms with Crippen LogP contribution in [0.5, 0.6) is 0 Å². The number of amides is 1. The third-order valence-electron chi connectivity index (χ3n) is 3.98. The number of para-hydroxylation sites is 2. The summed E-state index contributed by atoms with van der Waals surface area (Å²) in [5, 5.41) is 3.67. The van der Waals surface area contributed by atoms with Crippen molar-refractivity contribution in [3.05, 3.63) is 78.9 Å². The largest absolute Gasteiger partial charge is 0.333 e. The van der Waals surface area contributed by atoms with E-state index < -0.39 is 0 Å². The van der Waals surface area contributed by atoms with Crippen LogP contribution in [0.3, 0.4) is 0 Å². The van der Waals surface area contributed by atoms with Crippen LogP contribution < -0.4 is 5.32 Å². The van der Waals surface area contributed by atoms with E-state index in [0.717, 1.165) is 33.0 Å². The summed E-state index contributed by atoms with van der Waals surface area (Å²) in [5.74, 6) is 0.253. The average molecular weight is 359 g/mol. The van der Waals surface area contributed by atoms with Gasteiger partial charge < -0.3 is 10.3 Å². The summed E-state index contributed by atoms with van der Waals surface area (Å²) >= 11 is 1.39. The zero-order valence-corrected chi connectivity index (χ0v) is 14.8. The van der Waals surface area contributed by atoms with Crippen LogP contribution in [-0.4, -0.2) is 21.6 Å². The van der Waals surface area contributed by atoms with E-state index >= 15 is 0 Å². The first-order valence-electron chi connectivity index (χ1n) is 8.31. The van der Waals surface area contributed by atoms with Gasteiger partial charge in [0, 0.05) is 5.69 Å². The number of anilines is 1. The molecule has 0 aliphatic rings. The lowest BCUT2D eigenvalue weighted by atomic mass is 10.1. The molecule has 5 heteroatoms. The number of hydrogen-bond acceptors (Lipinski definition) is 3. The average Bonchev–Trinajstić information content (AvgIpc) is 3.11. The Labute approximate surface area is 155 Å². The smallest absolute Gasteiger partial charge is 0.234 e. The molecule has 1 heterocycles. The molecule has 0 saturated heterocycles. The molecule has 4 rings (SSSR count). The number of carbonyl (C=O) groups excluding carboxylic acids is 1. The maximum Gasteiger partial charge on any atom is 0.234 e. The highest BCUT2D eigenvalue weighted by atomic mass is 32.2. The van der Waals surface area contributed by atoms with Gasteiger partial charge in [-0.05, 0) is 35.4 Å². The first kappa shape index (κ1) is 16.4. The number of hydrogen-bond donors (Lipinski definition) is 2. The van der Waals surface area contributed by atoms with Gasteiger partial charge in [-0.2, -0.15) is 0 Å². The number of carbonyl (C=O) groups is 1. The second-order valence-electron chi connectivity index (χ2n) is 5.84. The Kier molecular flexibility index (Phi) is 4.71. The number of H-pyrrole nitrogens is 1. The highest BCUT2D eigenvalue weighted by Crippen LogP contribution is 2.22. The zero-order valence-electron chi connectivity index (χ0n) is 14.0. The van der Waals surface area contributed by atoms with Gasteiger partial charge in [0.15, 0.2) is 5.16 Å². The van der Waals surface area contributed by atoms with Crippen LogP contribution in [0.4, 0.5) is 5.69 Å². The molecule has 0 bridgehead atoms. The highest BCUT2D eigenvalue weighted by molar-refractivity contribution is 7.99. The molecule has 0 radical (unpaired) electrons. The van der Waals surface area contributed by atoms with Gasteiger partial charge in [-0.1, -0.05) is 66.4 Å². The minimum atomic E-state index is -0.0529. The molecule has 1 aromatic heterocycles. The monoisotopic (exact) mass is 359 g/mol. The van der Waals surface area contributed by atoms with Gasteiger partial charge in [0.05, 0.1) is 16.8 Å². The van der Waals surface area contributed by atoms with Crippen LogP contribution in [0.25, 0.3) is 22.2 Å². The van der Waals surface area contributed by atoms with Crippen LogP contribution in [0, 0.1) is 0 Å². The summed E-state index contributed by atoms with van der Waals surface area (Å²) in [6, 6.07) is 25.9. The van der Waals surface area contributed by atoms with Gasteiger partial charge in [-0.3, -0.25) is 4.79 Å². The van der Waals surface area contributed by atoms with Crippen molar-refractivity contribution < 1.29 is 4.79 Å². The molecular formula is C21H17N3OS. The molecule has 2 N–H and O–H groups in total. The van der Waals surface area contributed by atoms with E-state index in [2.05, 4.69) is 27.4 Å². The summed E-state index contributed by atoms with van der Waals surface area (Å²) < 4.78 is 0. The Bertz CT molecular complexity index is 993. The summed E-state index contributed by atoms with van der Waals surface area (Å²) in [4.78, 5) is 19.9.